The van der Waals surface area contributed by atoms with Gasteiger partial charge >= 0.3 is 5.97 Å². The lowest BCUT2D eigenvalue weighted by molar-refractivity contribution is -0.117. The number of hydrogen-bond donors (Lipinski definition) is 1. The molecule has 4 rings (SSSR count). The van der Waals surface area contributed by atoms with Crippen molar-refractivity contribution in [2.24, 2.45) is 5.92 Å². The minimum atomic E-state index is -0.354. The van der Waals surface area contributed by atoms with Crippen LogP contribution >= 0.6 is 0 Å². The van der Waals surface area contributed by atoms with Crippen molar-refractivity contribution in [3.63, 3.8) is 0 Å². The van der Waals surface area contributed by atoms with Crippen molar-refractivity contribution >= 4 is 23.5 Å². The normalized spacial score (nSPS) is 18.1. The summed E-state index contributed by atoms with van der Waals surface area (Å²) in [5, 5.41) is 7.45. The lowest BCUT2D eigenvalue weighted by Gasteiger charge is -2.23. The molecule has 0 radical (unpaired) electrons. The average Bonchev–Trinajstić information content (AvgIpc) is 3.58. The number of nitrogens with zero attached hydrogens (tertiary/aromatic N) is 5. The van der Waals surface area contributed by atoms with Crippen LogP contribution in [0, 0.1) is 5.92 Å². The van der Waals surface area contributed by atoms with E-state index in [0.717, 1.165) is 44.2 Å². The second-order valence-corrected chi connectivity index (χ2v) is 8.53. The molecule has 172 valence electrons. The Morgan fingerprint density at radius 2 is 2.03 bits per heavy atom. The summed E-state index contributed by atoms with van der Waals surface area (Å²) in [5.74, 6) is 1.91. The molecule has 1 atom stereocenters. The van der Waals surface area contributed by atoms with Gasteiger partial charge in [-0.2, -0.15) is 5.10 Å². The number of carbonyl (C=O) groups excluding carboxylic acids is 2. The van der Waals surface area contributed by atoms with Gasteiger partial charge in [-0.15, -0.1) is 0 Å². The molecule has 1 N–H and O–H groups in total. The fourth-order valence-electron chi connectivity index (χ4n) is 4.17. The zero-order valence-electron chi connectivity index (χ0n) is 18.9. The highest BCUT2D eigenvalue weighted by molar-refractivity contribution is 5.91. The van der Waals surface area contributed by atoms with Crippen molar-refractivity contribution in [3.8, 4) is 0 Å². The Hall–Kier alpha value is -2.94. The van der Waals surface area contributed by atoms with Crippen LogP contribution in [0.5, 0.6) is 0 Å². The maximum atomic E-state index is 12.7. The summed E-state index contributed by atoms with van der Waals surface area (Å²) in [5.41, 5.74) is 0.457. The Balaban J connectivity index is 1.29. The molecule has 2 aromatic rings. The van der Waals surface area contributed by atoms with Gasteiger partial charge < -0.3 is 15.0 Å². The third-order valence-electron chi connectivity index (χ3n) is 6.17. The molecule has 1 aliphatic carbocycles. The van der Waals surface area contributed by atoms with E-state index in [4.69, 9.17) is 4.74 Å². The molecule has 2 aromatic heterocycles. The number of esters is 1. The van der Waals surface area contributed by atoms with Crippen LogP contribution in [0.4, 0.5) is 11.6 Å². The number of anilines is 2. The van der Waals surface area contributed by atoms with Gasteiger partial charge in [0.1, 0.15) is 11.6 Å². The van der Waals surface area contributed by atoms with E-state index in [1.54, 1.807) is 25.4 Å². The first-order chi connectivity index (χ1) is 15.5. The Bertz CT molecular complexity index is 924. The van der Waals surface area contributed by atoms with E-state index in [1.807, 2.05) is 16.8 Å². The van der Waals surface area contributed by atoms with Crippen molar-refractivity contribution in [2.75, 3.05) is 49.5 Å². The maximum Gasteiger partial charge on any atom is 0.339 e. The van der Waals surface area contributed by atoms with Gasteiger partial charge in [-0.05, 0) is 51.2 Å². The summed E-state index contributed by atoms with van der Waals surface area (Å²) in [7, 11) is 0. The van der Waals surface area contributed by atoms with Crippen LogP contribution in [-0.2, 0) is 9.53 Å². The molecule has 9 nitrogen and oxygen atoms in total. The molecule has 1 amide bonds. The first-order valence-electron chi connectivity index (χ1n) is 11.5. The van der Waals surface area contributed by atoms with Gasteiger partial charge in [0.2, 0.25) is 5.91 Å². The summed E-state index contributed by atoms with van der Waals surface area (Å²) in [6, 6.07) is 5.79. The fourth-order valence-corrected chi connectivity index (χ4v) is 4.17. The minimum Gasteiger partial charge on any atom is -0.462 e. The van der Waals surface area contributed by atoms with Crippen LogP contribution in [-0.4, -0.2) is 70.9 Å². The molecule has 2 fully saturated rings. The number of ether oxygens (including phenoxy) is 1. The fraction of sp³-hybridized carbons (Fsp3) is 0.565. The van der Waals surface area contributed by atoms with Crippen LogP contribution in [0.3, 0.4) is 0 Å². The smallest absolute Gasteiger partial charge is 0.339 e. The number of rotatable bonds is 8. The number of pyridine rings is 1. The first kappa shape index (κ1) is 22.3. The molecule has 0 aromatic carbocycles. The topological polar surface area (TPSA) is 92.6 Å². The molecule has 3 heterocycles. The van der Waals surface area contributed by atoms with E-state index in [1.165, 1.54) is 12.8 Å². The van der Waals surface area contributed by atoms with Gasteiger partial charge in [-0.1, -0.05) is 0 Å². The number of amides is 1. The molecular formula is C23H32N6O3. The molecule has 1 saturated heterocycles. The van der Waals surface area contributed by atoms with E-state index in [-0.39, 0.29) is 11.9 Å². The number of carbonyl (C=O) groups is 2. The molecule has 2 aliphatic rings. The highest BCUT2D eigenvalue weighted by Gasteiger charge is 2.31. The van der Waals surface area contributed by atoms with Crippen molar-refractivity contribution in [1.29, 1.82) is 0 Å². The lowest BCUT2D eigenvalue weighted by Crippen LogP contribution is -2.37. The predicted octanol–water partition coefficient (Wildman–Crippen LogP) is 2.58. The molecule has 1 saturated carbocycles. The molecule has 9 heteroatoms. The molecule has 0 bridgehead atoms. The number of hydrogen-bond acceptors (Lipinski definition) is 7. The van der Waals surface area contributed by atoms with Gasteiger partial charge in [0, 0.05) is 38.4 Å². The Kier molecular flexibility index (Phi) is 7.04. The molecule has 1 unspecified atom stereocenters. The highest BCUT2D eigenvalue weighted by atomic mass is 16.5. The summed E-state index contributed by atoms with van der Waals surface area (Å²) in [6.45, 7) is 7.90. The zero-order chi connectivity index (χ0) is 22.5. The van der Waals surface area contributed by atoms with E-state index in [9.17, 15) is 9.59 Å². The van der Waals surface area contributed by atoms with Gasteiger partial charge in [0.25, 0.3) is 0 Å². The summed E-state index contributed by atoms with van der Waals surface area (Å²) < 4.78 is 6.95. The van der Waals surface area contributed by atoms with E-state index in [0.29, 0.717) is 30.7 Å². The van der Waals surface area contributed by atoms with Crippen LogP contribution in [0.2, 0.25) is 0 Å². The summed E-state index contributed by atoms with van der Waals surface area (Å²) >= 11 is 0. The van der Waals surface area contributed by atoms with Crippen LogP contribution < -0.4 is 10.2 Å². The Morgan fingerprint density at radius 1 is 1.19 bits per heavy atom. The Labute approximate surface area is 188 Å². The standard InChI is InChI=1S/C23H32N6O3/c1-3-32-23(31)19-7-8-20(24-15-19)28-12-4-11-27(13-14-28)16-22(30)26-21-9-10-25-29(21)17(2)18-5-6-18/h7-10,15,17-18H,3-6,11-14,16H2,1-2H3,(H,26,30). The van der Waals surface area contributed by atoms with Crippen molar-refractivity contribution in [1.82, 2.24) is 19.7 Å². The van der Waals surface area contributed by atoms with E-state index in [2.05, 4.69) is 32.1 Å². The first-order valence-corrected chi connectivity index (χ1v) is 11.5. The van der Waals surface area contributed by atoms with Gasteiger partial charge in [-0.3, -0.25) is 9.69 Å². The zero-order valence-corrected chi connectivity index (χ0v) is 18.9. The van der Waals surface area contributed by atoms with Crippen molar-refractivity contribution in [3.05, 3.63) is 36.2 Å². The van der Waals surface area contributed by atoms with Crippen molar-refractivity contribution in [2.45, 2.75) is 39.2 Å². The minimum absolute atomic E-state index is 0.0138. The number of aromatic nitrogens is 3. The highest BCUT2D eigenvalue weighted by Crippen LogP contribution is 2.40. The van der Waals surface area contributed by atoms with Crippen LogP contribution in [0.1, 0.15) is 49.5 Å². The molecular weight excluding hydrogens is 408 g/mol. The predicted molar refractivity (Wildman–Crippen MR) is 122 cm³/mol. The van der Waals surface area contributed by atoms with Gasteiger partial charge in [0.05, 0.1) is 31.0 Å². The van der Waals surface area contributed by atoms with E-state index < -0.39 is 0 Å². The Morgan fingerprint density at radius 3 is 2.75 bits per heavy atom. The third kappa shape index (κ3) is 5.45. The quantitative estimate of drug-likeness (QED) is 0.631. The summed E-state index contributed by atoms with van der Waals surface area (Å²) in [6.07, 6.45) is 6.72. The second kappa shape index (κ2) is 10.1. The maximum absolute atomic E-state index is 12.7. The second-order valence-electron chi connectivity index (χ2n) is 8.53. The third-order valence-corrected chi connectivity index (χ3v) is 6.17. The largest absolute Gasteiger partial charge is 0.462 e. The monoisotopic (exact) mass is 440 g/mol. The summed E-state index contributed by atoms with van der Waals surface area (Å²) in [4.78, 5) is 33.3. The number of nitrogens with one attached hydrogen (secondary N) is 1. The van der Waals surface area contributed by atoms with Crippen molar-refractivity contribution < 1.29 is 14.3 Å². The molecule has 1 aliphatic heterocycles. The van der Waals surface area contributed by atoms with Gasteiger partial charge in [-0.25, -0.2) is 14.5 Å². The van der Waals surface area contributed by atoms with Crippen LogP contribution in [0.15, 0.2) is 30.6 Å². The average molecular weight is 441 g/mol. The van der Waals surface area contributed by atoms with E-state index >= 15 is 0 Å². The van der Waals surface area contributed by atoms with Crippen LogP contribution in [0.25, 0.3) is 0 Å². The molecule has 0 spiro atoms. The SMILES string of the molecule is CCOC(=O)c1ccc(N2CCCN(CC(=O)Nc3ccnn3C(C)C3CC3)CC2)nc1. The van der Waals surface area contributed by atoms with Gasteiger partial charge in [0.15, 0.2) is 0 Å². The molecule has 32 heavy (non-hydrogen) atoms. The lowest BCUT2D eigenvalue weighted by atomic mass is 10.2.